The van der Waals surface area contributed by atoms with Gasteiger partial charge in [-0.3, -0.25) is 29.4 Å². The molecule has 11 nitrogen and oxygen atoms in total. The van der Waals surface area contributed by atoms with Crippen molar-refractivity contribution in [2.45, 2.75) is 0 Å². The van der Waals surface area contributed by atoms with Crippen molar-refractivity contribution in [3.8, 4) is 11.5 Å². The van der Waals surface area contributed by atoms with Crippen LogP contribution in [0.4, 0.5) is 27.1 Å². The van der Waals surface area contributed by atoms with Gasteiger partial charge in [0.15, 0.2) is 6.61 Å². The van der Waals surface area contributed by atoms with Crippen LogP contribution in [-0.2, 0) is 9.59 Å². The molecular weight excluding hydrogens is 475 g/mol. The Hall–Kier alpha value is -5.00. The number of hydrogen-bond donors (Lipinski definition) is 2. The maximum atomic E-state index is 13.5. The van der Waals surface area contributed by atoms with Crippen LogP contribution in [0.15, 0.2) is 60.7 Å². The summed E-state index contributed by atoms with van der Waals surface area (Å²) in [5, 5.41) is 16.4. The van der Waals surface area contributed by atoms with E-state index in [1.54, 1.807) is 0 Å². The summed E-state index contributed by atoms with van der Waals surface area (Å²) in [4.78, 5) is 49.3. The van der Waals surface area contributed by atoms with E-state index in [0.29, 0.717) is 5.75 Å². The Kier molecular flexibility index (Phi) is 6.77. The van der Waals surface area contributed by atoms with Crippen molar-refractivity contribution in [3.63, 3.8) is 0 Å². The minimum atomic E-state index is -0.616. The smallest absolute Gasteiger partial charge is 0.271 e. The number of benzene rings is 3. The number of methoxy groups -OCH3 is 1. The van der Waals surface area contributed by atoms with Gasteiger partial charge in [-0.05, 0) is 42.5 Å². The molecule has 0 aliphatic carbocycles. The molecule has 0 unspecified atom stereocenters. The number of carbonyl (C=O) groups is 3. The number of rotatable bonds is 7. The first kappa shape index (κ1) is 24.1. The van der Waals surface area contributed by atoms with Gasteiger partial charge in [0.25, 0.3) is 17.5 Å². The van der Waals surface area contributed by atoms with Crippen LogP contribution in [0.25, 0.3) is 0 Å². The van der Waals surface area contributed by atoms with Gasteiger partial charge in [0.05, 0.1) is 23.4 Å². The van der Waals surface area contributed by atoms with Gasteiger partial charge in [0.2, 0.25) is 5.91 Å². The van der Waals surface area contributed by atoms with Crippen LogP contribution in [0.3, 0.4) is 0 Å². The summed E-state index contributed by atoms with van der Waals surface area (Å²) in [5.74, 6) is -1.78. The van der Waals surface area contributed by atoms with Crippen molar-refractivity contribution in [1.29, 1.82) is 0 Å². The molecule has 0 saturated heterocycles. The number of fused-ring (bicyclic) bond motifs is 1. The van der Waals surface area contributed by atoms with Gasteiger partial charge in [-0.25, -0.2) is 4.39 Å². The van der Waals surface area contributed by atoms with Gasteiger partial charge in [-0.2, -0.15) is 0 Å². The lowest BCUT2D eigenvalue weighted by atomic mass is 10.2. The molecule has 0 bridgehead atoms. The van der Waals surface area contributed by atoms with Crippen molar-refractivity contribution in [1.82, 2.24) is 0 Å². The number of carbonyl (C=O) groups excluding carboxylic acids is 3. The molecule has 2 N–H and O–H groups in total. The highest BCUT2D eigenvalue weighted by molar-refractivity contribution is 6.07. The monoisotopic (exact) mass is 494 g/mol. The SMILES string of the molecule is COc1ccc(NC(=O)CN2C(=O)COc3ccc([N+](=O)[O-])cc32)cc1NC(=O)c1cccc(F)c1. The molecule has 3 aromatic rings. The van der Waals surface area contributed by atoms with Gasteiger partial charge >= 0.3 is 0 Å². The van der Waals surface area contributed by atoms with E-state index in [2.05, 4.69) is 10.6 Å². The highest BCUT2D eigenvalue weighted by atomic mass is 19.1. The molecule has 0 radical (unpaired) electrons. The third-order valence-electron chi connectivity index (χ3n) is 5.22. The Morgan fingerprint density at radius 2 is 1.94 bits per heavy atom. The molecule has 0 fully saturated rings. The van der Waals surface area contributed by atoms with Crippen LogP contribution in [0, 0.1) is 15.9 Å². The van der Waals surface area contributed by atoms with Gasteiger partial charge < -0.3 is 20.1 Å². The lowest BCUT2D eigenvalue weighted by Crippen LogP contribution is -2.43. The first-order valence-electron chi connectivity index (χ1n) is 10.5. The number of nitrogens with zero attached hydrogens (tertiary/aromatic N) is 2. The molecule has 0 saturated carbocycles. The molecule has 184 valence electrons. The number of nitro benzene ring substituents is 1. The van der Waals surface area contributed by atoms with Crippen LogP contribution in [-0.4, -0.2) is 42.9 Å². The standard InChI is InChI=1S/C24H19FN4O7/c1-35-20-7-5-16(10-18(20)27-24(32)14-3-2-4-15(25)9-14)26-22(30)12-28-19-11-17(29(33)34)6-8-21(19)36-13-23(28)31/h2-11H,12-13H2,1H3,(H,26,30)(H,27,32). The van der Waals surface area contributed by atoms with Crippen molar-refractivity contribution in [2.24, 2.45) is 0 Å². The number of anilines is 3. The van der Waals surface area contributed by atoms with Crippen LogP contribution >= 0.6 is 0 Å². The fourth-order valence-electron chi connectivity index (χ4n) is 3.53. The predicted octanol–water partition coefficient (Wildman–Crippen LogP) is 3.36. The largest absolute Gasteiger partial charge is 0.495 e. The lowest BCUT2D eigenvalue weighted by Gasteiger charge is -2.28. The first-order valence-corrected chi connectivity index (χ1v) is 10.5. The molecule has 3 amide bonds. The molecule has 1 aliphatic rings. The van der Waals surface area contributed by atoms with Gasteiger partial charge in [-0.1, -0.05) is 6.07 Å². The molecule has 0 atom stereocenters. The Labute approximate surface area is 203 Å². The highest BCUT2D eigenvalue weighted by Crippen LogP contribution is 2.35. The molecule has 1 aliphatic heterocycles. The first-order chi connectivity index (χ1) is 17.2. The van der Waals surface area contributed by atoms with E-state index in [0.717, 1.165) is 17.0 Å². The van der Waals surface area contributed by atoms with E-state index in [4.69, 9.17) is 9.47 Å². The van der Waals surface area contributed by atoms with Crippen LogP contribution < -0.4 is 25.0 Å². The van der Waals surface area contributed by atoms with E-state index in [1.807, 2.05) is 0 Å². The quantitative estimate of drug-likeness (QED) is 0.379. The van der Waals surface area contributed by atoms with Gasteiger partial charge in [0, 0.05) is 23.4 Å². The maximum absolute atomic E-state index is 13.5. The molecule has 3 aromatic carbocycles. The molecule has 0 aromatic heterocycles. The molecular formula is C24H19FN4O7. The average Bonchev–Trinajstić information content (AvgIpc) is 2.85. The number of ether oxygens (including phenoxy) is 2. The molecule has 1 heterocycles. The Balaban J connectivity index is 1.51. The van der Waals surface area contributed by atoms with Crippen LogP contribution in [0.5, 0.6) is 11.5 Å². The van der Waals surface area contributed by atoms with E-state index in [1.165, 1.54) is 55.6 Å². The summed E-state index contributed by atoms with van der Waals surface area (Å²) in [5.41, 5.74) is 0.424. The van der Waals surface area contributed by atoms with Crippen molar-refractivity contribution >= 4 is 40.5 Å². The zero-order chi connectivity index (χ0) is 25.8. The summed E-state index contributed by atoms with van der Waals surface area (Å²) < 4.78 is 24.0. The number of nitro groups is 1. The highest BCUT2D eigenvalue weighted by Gasteiger charge is 2.29. The van der Waals surface area contributed by atoms with Gasteiger partial charge in [-0.15, -0.1) is 0 Å². The molecule has 0 spiro atoms. The fraction of sp³-hybridized carbons (Fsp3) is 0.125. The molecule has 12 heteroatoms. The summed E-state index contributed by atoms with van der Waals surface area (Å²) in [6.07, 6.45) is 0. The minimum absolute atomic E-state index is 0.0880. The summed E-state index contributed by atoms with van der Waals surface area (Å²) in [6.45, 7) is -0.760. The Morgan fingerprint density at radius 1 is 1.14 bits per heavy atom. The number of amides is 3. The van der Waals surface area contributed by atoms with Crippen molar-refractivity contribution < 1.29 is 33.2 Å². The lowest BCUT2D eigenvalue weighted by molar-refractivity contribution is -0.384. The molecule has 36 heavy (non-hydrogen) atoms. The second kappa shape index (κ2) is 10.1. The van der Waals surface area contributed by atoms with Gasteiger partial charge in [0.1, 0.15) is 23.9 Å². The summed E-state index contributed by atoms with van der Waals surface area (Å²) in [6, 6.07) is 13.4. The summed E-state index contributed by atoms with van der Waals surface area (Å²) in [7, 11) is 1.39. The number of hydrogen-bond acceptors (Lipinski definition) is 7. The zero-order valence-corrected chi connectivity index (χ0v) is 18.8. The normalized spacial score (nSPS) is 12.3. The summed E-state index contributed by atoms with van der Waals surface area (Å²) >= 11 is 0. The van der Waals surface area contributed by atoms with Crippen molar-refractivity contribution in [3.05, 3.63) is 82.2 Å². The predicted molar refractivity (Wildman–Crippen MR) is 127 cm³/mol. The van der Waals surface area contributed by atoms with Crippen LogP contribution in [0.1, 0.15) is 10.4 Å². The fourth-order valence-corrected chi connectivity index (χ4v) is 3.53. The third kappa shape index (κ3) is 5.22. The second-order valence-electron chi connectivity index (χ2n) is 7.61. The van der Waals surface area contributed by atoms with E-state index >= 15 is 0 Å². The third-order valence-corrected chi connectivity index (χ3v) is 5.22. The maximum Gasteiger partial charge on any atom is 0.271 e. The Morgan fingerprint density at radius 3 is 2.67 bits per heavy atom. The molecule has 4 rings (SSSR count). The topological polar surface area (TPSA) is 140 Å². The van der Waals surface area contributed by atoms with E-state index in [9.17, 15) is 28.9 Å². The van der Waals surface area contributed by atoms with E-state index in [-0.39, 0.29) is 40.7 Å². The number of halogens is 1. The minimum Gasteiger partial charge on any atom is -0.495 e. The number of nitrogens with one attached hydrogen (secondary N) is 2. The Bertz CT molecular complexity index is 1380. The average molecular weight is 494 g/mol. The van der Waals surface area contributed by atoms with Crippen molar-refractivity contribution in [2.75, 3.05) is 35.8 Å². The van der Waals surface area contributed by atoms with Crippen LogP contribution in [0.2, 0.25) is 0 Å². The van der Waals surface area contributed by atoms with E-state index < -0.39 is 35.0 Å². The second-order valence-corrected chi connectivity index (χ2v) is 7.61. The zero-order valence-electron chi connectivity index (χ0n) is 18.8. The number of non-ortho nitro benzene ring substituents is 1.